The van der Waals surface area contributed by atoms with E-state index in [4.69, 9.17) is 5.73 Å². The van der Waals surface area contributed by atoms with E-state index in [0.29, 0.717) is 5.95 Å². The summed E-state index contributed by atoms with van der Waals surface area (Å²) in [5.74, 6) is 0.558. The van der Waals surface area contributed by atoms with Crippen molar-refractivity contribution in [2.24, 2.45) is 0 Å². The van der Waals surface area contributed by atoms with Crippen LogP contribution in [0.1, 0.15) is 32.0 Å². The summed E-state index contributed by atoms with van der Waals surface area (Å²) in [5, 5.41) is 0. The van der Waals surface area contributed by atoms with Crippen LogP contribution in [0.2, 0.25) is 0 Å². The zero-order chi connectivity index (χ0) is 11.2. The van der Waals surface area contributed by atoms with Gasteiger partial charge in [-0.25, -0.2) is 4.98 Å². The molecule has 0 aliphatic heterocycles. The van der Waals surface area contributed by atoms with Gasteiger partial charge in [0.2, 0.25) is 5.95 Å². The zero-order valence-corrected chi connectivity index (χ0v) is 9.70. The largest absolute Gasteiger partial charge is 0.369 e. The van der Waals surface area contributed by atoms with Crippen LogP contribution in [0, 0.1) is 6.92 Å². The molecule has 0 radical (unpaired) electrons. The highest BCUT2D eigenvalue weighted by atomic mass is 15.1. The molecular weight excluding hydrogens is 186 g/mol. The van der Waals surface area contributed by atoms with Gasteiger partial charge in [0.05, 0.1) is 11.2 Å². The molecule has 0 aliphatic rings. The van der Waals surface area contributed by atoms with E-state index in [1.165, 1.54) is 5.56 Å². The van der Waals surface area contributed by atoms with Gasteiger partial charge >= 0.3 is 0 Å². The number of nitrogen functional groups attached to an aromatic ring is 1. The number of nitrogens with zero attached hydrogens (tertiary/aromatic N) is 2. The Hall–Kier alpha value is -1.51. The van der Waals surface area contributed by atoms with Gasteiger partial charge in [-0.3, -0.25) is 4.40 Å². The lowest BCUT2D eigenvalue weighted by Gasteiger charge is -2.19. The molecule has 0 atom stereocenters. The molecule has 0 spiro atoms. The highest BCUT2D eigenvalue weighted by Gasteiger charge is 2.15. The number of anilines is 1. The van der Waals surface area contributed by atoms with Gasteiger partial charge in [-0.1, -0.05) is 20.8 Å². The van der Waals surface area contributed by atoms with E-state index < -0.39 is 0 Å². The van der Waals surface area contributed by atoms with Crippen molar-refractivity contribution in [2.75, 3.05) is 5.73 Å². The SMILES string of the molecule is Cc1nc(N)n2ccc(C(C)(C)C)cc12. The van der Waals surface area contributed by atoms with Crippen molar-refractivity contribution >= 4 is 11.5 Å². The fourth-order valence-corrected chi connectivity index (χ4v) is 1.73. The Balaban J connectivity index is 2.71. The average Bonchev–Trinajstić information content (AvgIpc) is 2.41. The van der Waals surface area contributed by atoms with Gasteiger partial charge in [0.1, 0.15) is 0 Å². The van der Waals surface area contributed by atoms with Crippen molar-refractivity contribution in [1.82, 2.24) is 9.38 Å². The summed E-state index contributed by atoms with van der Waals surface area (Å²) in [5.41, 5.74) is 9.33. The van der Waals surface area contributed by atoms with Gasteiger partial charge in [0.15, 0.2) is 0 Å². The molecule has 3 nitrogen and oxygen atoms in total. The first-order valence-electron chi connectivity index (χ1n) is 5.14. The van der Waals surface area contributed by atoms with Gasteiger partial charge in [-0.2, -0.15) is 0 Å². The highest BCUT2D eigenvalue weighted by molar-refractivity contribution is 5.58. The van der Waals surface area contributed by atoms with Crippen molar-refractivity contribution in [3.8, 4) is 0 Å². The van der Waals surface area contributed by atoms with Crippen LogP contribution in [0.15, 0.2) is 18.3 Å². The van der Waals surface area contributed by atoms with Crippen LogP contribution in [0.3, 0.4) is 0 Å². The second-order valence-corrected chi connectivity index (χ2v) is 4.98. The van der Waals surface area contributed by atoms with Gasteiger partial charge < -0.3 is 5.73 Å². The first-order valence-corrected chi connectivity index (χ1v) is 5.14. The Kier molecular flexibility index (Phi) is 2.00. The molecule has 0 bridgehead atoms. The molecule has 0 aromatic carbocycles. The molecule has 2 N–H and O–H groups in total. The molecule has 2 heterocycles. The number of imidazole rings is 1. The van der Waals surface area contributed by atoms with Crippen LogP contribution in [-0.4, -0.2) is 9.38 Å². The van der Waals surface area contributed by atoms with Crippen LogP contribution in [0.5, 0.6) is 0 Å². The molecule has 2 aromatic rings. The first-order chi connectivity index (χ1) is 6.89. The fraction of sp³-hybridized carbons (Fsp3) is 0.417. The number of pyridine rings is 1. The maximum atomic E-state index is 5.79. The molecule has 0 aliphatic carbocycles. The van der Waals surface area contributed by atoms with Gasteiger partial charge in [-0.05, 0) is 30.0 Å². The first kappa shape index (κ1) is 10.0. The third kappa shape index (κ3) is 1.58. The van der Waals surface area contributed by atoms with Crippen molar-refractivity contribution in [1.29, 1.82) is 0 Å². The number of fused-ring (bicyclic) bond motifs is 1. The number of nitrogens with two attached hydrogens (primary N) is 1. The summed E-state index contributed by atoms with van der Waals surface area (Å²) >= 11 is 0. The lowest BCUT2D eigenvalue weighted by Crippen LogP contribution is -2.11. The van der Waals surface area contributed by atoms with E-state index in [1.807, 2.05) is 17.5 Å². The molecular formula is C12H17N3. The smallest absolute Gasteiger partial charge is 0.205 e. The summed E-state index contributed by atoms with van der Waals surface area (Å²) < 4.78 is 1.92. The van der Waals surface area contributed by atoms with E-state index in [0.717, 1.165) is 11.2 Å². The molecule has 0 saturated heterocycles. The molecule has 3 heteroatoms. The normalized spacial score (nSPS) is 12.3. The maximum Gasteiger partial charge on any atom is 0.205 e. The number of aryl methyl sites for hydroxylation is 1. The molecule has 0 saturated carbocycles. The molecule has 0 unspecified atom stereocenters. The Labute approximate surface area is 89.9 Å². The standard InChI is InChI=1S/C12H17N3/c1-8-10-7-9(12(2,3)4)5-6-15(10)11(13)14-8/h5-7H,1-4H3,(H2,13,14). The molecule has 2 rings (SSSR count). The monoisotopic (exact) mass is 203 g/mol. The summed E-state index contributed by atoms with van der Waals surface area (Å²) in [6, 6.07) is 4.27. The zero-order valence-electron chi connectivity index (χ0n) is 9.70. The summed E-state index contributed by atoms with van der Waals surface area (Å²) in [4.78, 5) is 4.25. The fourth-order valence-electron chi connectivity index (χ4n) is 1.73. The lowest BCUT2D eigenvalue weighted by atomic mass is 9.87. The van der Waals surface area contributed by atoms with E-state index in [9.17, 15) is 0 Å². The number of hydrogen-bond acceptors (Lipinski definition) is 2. The molecule has 15 heavy (non-hydrogen) atoms. The Morgan fingerprint density at radius 3 is 2.60 bits per heavy atom. The van der Waals surface area contributed by atoms with Crippen LogP contribution in [0.25, 0.3) is 5.52 Å². The van der Waals surface area contributed by atoms with Gasteiger partial charge in [0, 0.05) is 6.20 Å². The minimum Gasteiger partial charge on any atom is -0.369 e. The summed E-state index contributed by atoms with van der Waals surface area (Å²) in [6.45, 7) is 8.59. The average molecular weight is 203 g/mol. The predicted octanol–water partition coefficient (Wildman–Crippen LogP) is 2.52. The van der Waals surface area contributed by atoms with Gasteiger partial charge in [-0.15, -0.1) is 0 Å². The summed E-state index contributed by atoms with van der Waals surface area (Å²) in [6.07, 6.45) is 1.99. The summed E-state index contributed by atoms with van der Waals surface area (Å²) in [7, 11) is 0. The maximum absolute atomic E-state index is 5.79. The van der Waals surface area contributed by atoms with Crippen LogP contribution < -0.4 is 5.73 Å². The Morgan fingerprint density at radius 1 is 1.33 bits per heavy atom. The van der Waals surface area contributed by atoms with Crippen LogP contribution in [0.4, 0.5) is 5.95 Å². The number of aromatic nitrogens is 2. The Bertz CT molecular complexity index is 503. The third-order valence-electron chi connectivity index (χ3n) is 2.72. The number of hydrogen-bond donors (Lipinski definition) is 1. The van der Waals surface area contributed by atoms with E-state index in [2.05, 4.69) is 37.9 Å². The van der Waals surface area contributed by atoms with Crippen molar-refractivity contribution in [3.05, 3.63) is 29.6 Å². The minimum absolute atomic E-state index is 0.160. The molecule has 0 amide bonds. The number of rotatable bonds is 0. The van der Waals surface area contributed by atoms with E-state index >= 15 is 0 Å². The molecule has 80 valence electrons. The van der Waals surface area contributed by atoms with E-state index in [-0.39, 0.29) is 5.41 Å². The van der Waals surface area contributed by atoms with Crippen molar-refractivity contribution in [3.63, 3.8) is 0 Å². The van der Waals surface area contributed by atoms with E-state index in [1.54, 1.807) is 0 Å². The van der Waals surface area contributed by atoms with Gasteiger partial charge in [0.25, 0.3) is 0 Å². The van der Waals surface area contributed by atoms with Crippen LogP contribution >= 0.6 is 0 Å². The predicted molar refractivity (Wildman–Crippen MR) is 63.0 cm³/mol. The second-order valence-electron chi connectivity index (χ2n) is 4.98. The topological polar surface area (TPSA) is 43.3 Å². The molecule has 2 aromatic heterocycles. The molecule has 0 fully saturated rings. The minimum atomic E-state index is 0.160. The highest BCUT2D eigenvalue weighted by Crippen LogP contribution is 2.25. The lowest BCUT2D eigenvalue weighted by molar-refractivity contribution is 0.590. The third-order valence-corrected chi connectivity index (χ3v) is 2.72. The van der Waals surface area contributed by atoms with Crippen molar-refractivity contribution < 1.29 is 0 Å². The Morgan fingerprint density at radius 2 is 2.00 bits per heavy atom. The quantitative estimate of drug-likeness (QED) is 0.715. The second kappa shape index (κ2) is 2.99. The van der Waals surface area contributed by atoms with Crippen LogP contribution in [-0.2, 0) is 5.41 Å². The van der Waals surface area contributed by atoms with Crippen molar-refractivity contribution in [2.45, 2.75) is 33.1 Å².